The number of carbonyl (C=O) groups excluding carboxylic acids is 1. The summed E-state index contributed by atoms with van der Waals surface area (Å²) in [6, 6.07) is 23.7. The molecule has 0 bridgehead atoms. The Labute approximate surface area is 150 Å². The summed E-state index contributed by atoms with van der Waals surface area (Å²) >= 11 is 1.35. The Balaban J connectivity index is 1.71. The van der Waals surface area contributed by atoms with Crippen LogP contribution in [-0.4, -0.2) is 12.5 Å². The molecule has 0 aliphatic rings. The molecule has 0 saturated carbocycles. The molecule has 1 aromatic heterocycles. The van der Waals surface area contributed by atoms with Gasteiger partial charge in [-0.2, -0.15) is 5.26 Å². The molecule has 3 rings (SSSR count). The number of amides is 1. The zero-order chi connectivity index (χ0) is 17.5. The second-order valence-electron chi connectivity index (χ2n) is 5.46. The standard InChI is InChI=1S/C20H17N3OS/c21-13-17-11-12-25-20(17)23-18(24)14-22-19(15-7-3-1-4-8-15)16-9-5-2-6-10-16/h1-12,19,22H,14H2,(H,23,24). The highest BCUT2D eigenvalue weighted by Crippen LogP contribution is 2.23. The van der Waals surface area contributed by atoms with Gasteiger partial charge in [0.2, 0.25) is 5.91 Å². The van der Waals surface area contributed by atoms with E-state index in [9.17, 15) is 4.79 Å². The Morgan fingerprint density at radius 1 is 1.00 bits per heavy atom. The second kappa shape index (κ2) is 8.25. The van der Waals surface area contributed by atoms with Gasteiger partial charge >= 0.3 is 0 Å². The number of rotatable bonds is 6. The van der Waals surface area contributed by atoms with Crippen LogP contribution >= 0.6 is 11.3 Å². The van der Waals surface area contributed by atoms with Crippen LogP contribution in [0.4, 0.5) is 5.00 Å². The molecule has 0 fully saturated rings. The minimum Gasteiger partial charge on any atom is -0.315 e. The lowest BCUT2D eigenvalue weighted by molar-refractivity contribution is -0.115. The number of hydrogen-bond acceptors (Lipinski definition) is 4. The number of nitrogens with zero attached hydrogens (tertiary/aromatic N) is 1. The molecule has 1 amide bonds. The summed E-state index contributed by atoms with van der Waals surface area (Å²) in [7, 11) is 0. The van der Waals surface area contributed by atoms with E-state index < -0.39 is 0 Å². The molecular weight excluding hydrogens is 330 g/mol. The minimum atomic E-state index is -0.171. The van der Waals surface area contributed by atoms with Crippen molar-refractivity contribution in [1.29, 1.82) is 5.26 Å². The number of anilines is 1. The van der Waals surface area contributed by atoms with Gasteiger partial charge in [-0.15, -0.1) is 11.3 Å². The third-order valence-corrected chi connectivity index (χ3v) is 4.60. The highest BCUT2D eigenvalue weighted by molar-refractivity contribution is 7.14. The van der Waals surface area contributed by atoms with E-state index in [1.165, 1.54) is 11.3 Å². The quantitative estimate of drug-likeness (QED) is 0.710. The fraction of sp³-hybridized carbons (Fsp3) is 0.100. The predicted molar refractivity (Wildman–Crippen MR) is 100 cm³/mol. The molecule has 0 spiro atoms. The molecule has 2 aromatic carbocycles. The summed E-state index contributed by atoms with van der Waals surface area (Å²) in [5, 5.41) is 17.5. The topological polar surface area (TPSA) is 64.9 Å². The maximum absolute atomic E-state index is 12.3. The van der Waals surface area contributed by atoms with E-state index in [0.717, 1.165) is 11.1 Å². The van der Waals surface area contributed by atoms with Gasteiger partial charge in [0, 0.05) is 0 Å². The van der Waals surface area contributed by atoms with Crippen LogP contribution in [0.3, 0.4) is 0 Å². The van der Waals surface area contributed by atoms with Crippen LogP contribution in [0.1, 0.15) is 22.7 Å². The number of nitriles is 1. The Morgan fingerprint density at radius 3 is 2.16 bits per heavy atom. The monoisotopic (exact) mass is 347 g/mol. The van der Waals surface area contributed by atoms with Gasteiger partial charge in [-0.05, 0) is 22.6 Å². The molecule has 4 nitrogen and oxygen atoms in total. The number of thiophene rings is 1. The maximum atomic E-state index is 12.3. The first-order valence-electron chi connectivity index (χ1n) is 7.88. The molecule has 5 heteroatoms. The fourth-order valence-corrected chi connectivity index (χ4v) is 3.33. The number of carbonyl (C=O) groups is 1. The Bertz CT molecular complexity index is 829. The van der Waals surface area contributed by atoms with Crippen molar-refractivity contribution in [3.63, 3.8) is 0 Å². The molecule has 3 aromatic rings. The van der Waals surface area contributed by atoms with Crippen LogP contribution in [0, 0.1) is 11.3 Å². The highest BCUT2D eigenvalue weighted by atomic mass is 32.1. The van der Waals surface area contributed by atoms with Crippen molar-refractivity contribution in [2.45, 2.75) is 6.04 Å². The van der Waals surface area contributed by atoms with Gasteiger partial charge in [0.25, 0.3) is 0 Å². The Morgan fingerprint density at radius 2 is 1.60 bits per heavy atom. The lowest BCUT2D eigenvalue weighted by Gasteiger charge is -2.19. The van der Waals surface area contributed by atoms with E-state index in [1.807, 2.05) is 60.7 Å². The van der Waals surface area contributed by atoms with Gasteiger partial charge in [0.1, 0.15) is 11.1 Å². The number of benzene rings is 2. The third kappa shape index (κ3) is 4.32. The van der Waals surface area contributed by atoms with Gasteiger partial charge in [0.15, 0.2) is 0 Å². The summed E-state index contributed by atoms with van der Waals surface area (Å²) < 4.78 is 0. The van der Waals surface area contributed by atoms with Crippen LogP contribution < -0.4 is 10.6 Å². The first-order valence-corrected chi connectivity index (χ1v) is 8.76. The molecule has 0 radical (unpaired) electrons. The molecule has 0 atom stereocenters. The molecule has 2 N–H and O–H groups in total. The van der Waals surface area contributed by atoms with Crippen molar-refractivity contribution in [3.05, 3.63) is 88.8 Å². The molecule has 0 unspecified atom stereocenters. The minimum absolute atomic E-state index is 0.0769. The molecule has 124 valence electrons. The molecule has 1 heterocycles. The normalized spacial score (nSPS) is 10.4. The van der Waals surface area contributed by atoms with Crippen molar-refractivity contribution in [1.82, 2.24) is 5.32 Å². The van der Waals surface area contributed by atoms with Crippen LogP contribution in [0.5, 0.6) is 0 Å². The van der Waals surface area contributed by atoms with Gasteiger partial charge < -0.3 is 5.32 Å². The van der Waals surface area contributed by atoms with E-state index >= 15 is 0 Å². The van der Waals surface area contributed by atoms with E-state index in [4.69, 9.17) is 5.26 Å². The Hall–Kier alpha value is -2.94. The first kappa shape index (κ1) is 16.9. The molecule has 0 aliphatic carbocycles. The third-order valence-electron chi connectivity index (χ3n) is 3.77. The summed E-state index contributed by atoms with van der Waals surface area (Å²) in [6.45, 7) is 0.150. The molecule has 25 heavy (non-hydrogen) atoms. The van der Waals surface area contributed by atoms with Crippen molar-refractivity contribution in [2.24, 2.45) is 0 Å². The Kier molecular flexibility index (Phi) is 5.57. The summed E-state index contributed by atoms with van der Waals surface area (Å²) in [5.41, 5.74) is 2.67. The molecule has 0 aliphatic heterocycles. The average Bonchev–Trinajstić information content (AvgIpc) is 3.11. The zero-order valence-electron chi connectivity index (χ0n) is 13.5. The summed E-state index contributed by atoms with van der Waals surface area (Å²) in [5.74, 6) is -0.171. The van der Waals surface area contributed by atoms with Gasteiger partial charge in [-0.1, -0.05) is 60.7 Å². The average molecular weight is 347 g/mol. The van der Waals surface area contributed by atoms with Crippen molar-refractivity contribution in [2.75, 3.05) is 11.9 Å². The van der Waals surface area contributed by atoms with E-state index in [0.29, 0.717) is 10.6 Å². The SMILES string of the molecule is N#Cc1ccsc1NC(=O)CNC(c1ccccc1)c1ccccc1. The molecular formula is C20H17N3OS. The maximum Gasteiger partial charge on any atom is 0.238 e. The van der Waals surface area contributed by atoms with E-state index in [-0.39, 0.29) is 18.5 Å². The number of nitrogens with one attached hydrogen (secondary N) is 2. The van der Waals surface area contributed by atoms with Crippen molar-refractivity contribution < 1.29 is 4.79 Å². The second-order valence-corrected chi connectivity index (χ2v) is 6.37. The van der Waals surface area contributed by atoms with Crippen molar-refractivity contribution >= 4 is 22.2 Å². The number of hydrogen-bond donors (Lipinski definition) is 2. The van der Waals surface area contributed by atoms with Gasteiger partial charge in [-0.3, -0.25) is 10.1 Å². The van der Waals surface area contributed by atoms with Gasteiger partial charge in [-0.25, -0.2) is 0 Å². The smallest absolute Gasteiger partial charge is 0.238 e. The van der Waals surface area contributed by atoms with E-state index in [2.05, 4.69) is 16.7 Å². The van der Waals surface area contributed by atoms with Crippen molar-refractivity contribution in [3.8, 4) is 6.07 Å². The van der Waals surface area contributed by atoms with Crippen LogP contribution in [0.15, 0.2) is 72.1 Å². The van der Waals surface area contributed by atoms with Crippen LogP contribution in [-0.2, 0) is 4.79 Å². The molecule has 0 saturated heterocycles. The summed E-state index contributed by atoms with van der Waals surface area (Å²) in [6.07, 6.45) is 0. The zero-order valence-corrected chi connectivity index (χ0v) is 14.3. The van der Waals surface area contributed by atoms with Gasteiger partial charge in [0.05, 0.1) is 18.2 Å². The largest absolute Gasteiger partial charge is 0.315 e. The first-order chi connectivity index (χ1) is 12.3. The predicted octanol–water partition coefficient (Wildman–Crippen LogP) is 3.94. The summed E-state index contributed by atoms with van der Waals surface area (Å²) in [4.78, 5) is 12.3. The fourth-order valence-electron chi connectivity index (χ4n) is 2.58. The van der Waals surface area contributed by atoms with E-state index in [1.54, 1.807) is 11.4 Å². The lowest BCUT2D eigenvalue weighted by atomic mass is 9.99. The lowest BCUT2D eigenvalue weighted by Crippen LogP contribution is -2.31. The van der Waals surface area contributed by atoms with Crippen LogP contribution in [0.2, 0.25) is 0 Å². The highest BCUT2D eigenvalue weighted by Gasteiger charge is 2.15. The van der Waals surface area contributed by atoms with Crippen LogP contribution in [0.25, 0.3) is 0 Å².